The molecule has 0 aromatic rings. The smallest absolute Gasteiger partial charge is 0.303 e. The maximum atomic E-state index is 12.3. The summed E-state index contributed by atoms with van der Waals surface area (Å²) in [6.07, 6.45) is 16.9. The maximum Gasteiger partial charge on any atom is 0.303 e. The van der Waals surface area contributed by atoms with Gasteiger partial charge in [0.25, 0.3) is 0 Å². The minimum Gasteiger partial charge on any atom is -0.481 e. The van der Waals surface area contributed by atoms with Crippen LogP contribution in [0.5, 0.6) is 0 Å². The van der Waals surface area contributed by atoms with E-state index in [0.717, 1.165) is 49.7 Å². The molecule has 0 radical (unpaired) electrons. The first-order valence-electron chi connectivity index (χ1n) is 10.9. The maximum absolute atomic E-state index is 12.3. The van der Waals surface area contributed by atoms with Crippen LogP contribution in [0.15, 0.2) is 35.5 Å². The molecule has 2 rings (SSSR count). The number of allylic oxidation sites excluding steroid dienone is 5. The Bertz CT molecular complexity index is 637. The molecule has 0 aliphatic heterocycles. The first-order chi connectivity index (χ1) is 13.4. The highest BCUT2D eigenvalue weighted by atomic mass is 16.4. The second kappa shape index (κ2) is 10.8. The Morgan fingerprint density at radius 1 is 1.25 bits per heavy atom. The van der Waals surface area contributed by atoms with Crippen molar-refractivity contribution in [2.45, 2.75) is 90.6 Å². The zero-order chi connectivity index (χ0) is 20.6. The Hall–Kier alpha value is -1.68. The number of hydrogen-bond donors (Lipinski definition) is 2. The largest absolute Gasteiger partial charge is 0.481 e. The SMILES string of the molecule is CCCCC1(C(O)C=CC2=C(CC=CC(C)CCC(=O)O)C(=O)CC2)CCC1. The summed E-state index contributed by atoms with van der Waals surface area (Å²) in [6, 6.07) is 0. The van der Waals surface area contributed by atoms with E-state index in [0.29, 0.717) is 19.3 Å². The Morgan fingerprint density at radius 2 is 2.00 bits per heavy atom. The zero-order valence-corrected chi connectivity index (χ0v) is 17.5. The number of carbonyl (C=O) groups excluding carboxylic acids is 1. The number of unbranched alkanes of at least 4 members (excludes halogenated alkanes) is 1. The molecule has 1 fully saturated rings. The van der Waals surface area contributed by atoms with Crippen LogP contribution in [0.25, 0.3) is 0 Å². The molecular formula is C24H36O4. The van der Waals surface area contributed by atoms with Gasteiger partial charge in [-0.05, 0) is 55.4 Å². The molecule has 4 nitrogen and oxygen atoms in total. The molecule has 0 bridgehead atoms. The van der Waals surface area contributed by atoms with E-state index in [1.807, 2.05) is 31.2 Å². The molecule has 2 aliphatic rings. The number of carbonyl (C=O) groups is 2. The highest BCUT2D eigenvalue weighted by molar-refractivity contribution is 5.99. The number of aliphatic hydroxyl groups excluding tert-OH is 1. The molecule has 0 saturated heterocycles. The fourth-order valence-electron chi connectivity index (χ4n) is 4.29. The van der Waals surface area contributed by atoms with Crippen molar-refractivity contribution in [1.29, 1.82) is 0 Å². The number of carboxylic acid groups (broad SMARTS) is 1. The van der Waals surface area contributed by atoms with Crippen LogP contribution in [0.1, 0.15) is 84.5 Å². The monoisotopic (exact) mass is 388 g/mol. The summed E-state index contributed by atoms with van der Waals surface area (Å²) in [4.78, 5) is 22.9. The van der Waals surface area contributed by atoms with Crippen molar-refractivity contribution in [3.05, 3.63) is 35.5 Å². The fraction of sp³-hybridized carbons (Fsp3) is 0.667. The van der Waals surface area contributed by atoms with Gasteiger partial charge in [0.15, 0.2) is 5.78 Å². The van der Waals surface area contributed by atoms with E-state index in [4.69, 9.17) is 5.11 Å². The summed E-state index contributed by atoms with van der Waals surface area (Å²) in [5.41, 5.74) is 1.95. The highest BCUT2D eigenvalue weighted by Crippen LogP contribution is 2.48. The van der Waals surface area contributed by atoms with Gasteiger partial charge in [0.05, 0.1) is 6.10 Å². The zero-order valence-electron chi connectivity index (χ0n) is 17.5. The summed E-state index contributed by atoms with van der Waals surface area (Å²) in [7, 11) is 0. The van der Waals surface area contributed by atoms with Crippen molar-refractivity contribution in [3.63, 3.8) is 0 Å². The van der Waals surface area contributed by atoms with E-state index in [-0.39, 0.29) is 23.5 Å². The third kappa shape index (κ3) is 6.16. The molecule has 4 heteroatoms. The van der Waals surface area contributed by atoms with Gasteiger partial charge in [-0.1, -0.05) is 57.4 Å². The summed E-state index contributed by atoms with van der Waals surface area (Å²) < 4.78 is 0. The number of aliphatic carboxylic acids is 1. The lowest BCUT2D eigenvalue weighted by Crippen LogP contribution is -2.40. The Balaban J connectivity index is 1.97. The van der Waals surface area contributed by atoms with Gasteiger partial charge >= 0.3 is 5.97 Å². The molecule has 28 heavy (non-hydrogen) atoms. The molecule has 2 unspecified atom stereocenters. The third-order valence-electron chi connectivity index (χ3n) is 6.43. The first kappa shape index (κ1) is 22.6. The number of Topliss-reactive ketones (excluding diaryl/α,β-unsaturated/α-hetero) is 1. The fourth-order valence-corrected chi connectivity index (χ4v) is 4.29. The van der Waals surface area contributed by atoms with Crippen LogP contribution >= 0.6 is 0 Å². The van der Waals surface area contributed by atoms with Crippen LogP contribution in [-0.4, -0.2) is 28.1 Å². The lowest BCUT2D eigenvalue weighted by Gasteiger charge is -2.45. The van der Waals surface area contributed by atoms with Gasteiger partial charge in [0.2, 0.25) is 0 Å². The predicted octanol–water partition coefficient (Wildman–Crippen LogP) is 5.37. The van der Waals surface area contributed by atoms with Crippen molar-refractivity contribution < 1.29 is 19.8 Å². The number of carboxylic acids is 1. The van der Waals surface area contributed by atoms with Crippen LogP contribution in [0.2, 0.25) is 0 Å². The average Bonchev–Trinajstić information content (AvgIpc) is 2.97. The van der Waals surface area contributed by atoms with Gasteiger partial charge in [-0.25, -0.2) is 0 Å². The van der Waals surface area contributed by atoms with Gasteiger partial charge in [0, 0.05) is 18.4 Å². The molecule has 2 aliphatic carbocycles. The lowest BCUT2D eigenvalue weighted by atomic mass is 9.62. The molecule has 2 N–H and O–H groups in total. The quantitative estimate of drug-likeness (QED) is 0.441. The standard InChI is InChI=1S/C24H36O4/c1-3-4-15-24(16-6-17-24)22(26)13-11-19-10-12-21(25)20(19)8-5-7-18(2)9-14-23(27)28/h5,7,11,13,18,22,26H,3-4,6,8-10,12,14-17H2,1-2H3,(H,27,28). The lowest BCUT2D eigenvalue weighted by molar-refractivity contribution is -0.137. The van der Waals surface area contributed by atoms with E-state index in [1.165, 1.54) is 6.42 Å². The van der Waals surface area contributed by atoms with Gasteiger partial charge in [-0.15, -0.1) is 0 Å². The molecule has 156 valence electrons. The predicted molar refractivity (Wildman–Crippen MR) is 112 cm³/mol. The number of aliphatic hydroxyl groups is 1. The number of ketones is 1. The molecule has 0 spiro atoms. The van der Waals surface area contributed by atoms with E-state index in [9.17, 15) is 14.7 Å². The van der Waals surface area contributed by atoms with Gasteiger partial charge < -0.3 is 10.2 Å². The van der Waals surface area contributed by atoms with E-state index in [2.05, 4.69) is 6.92 Å². The number of hydrogen-bond acceptors (Lipinski definition) is 3. The second-order valence-corrected chi connectivity index (χ2v) is 8.59. The van der Waals surface area contributed by atoms with Gasteiger partial charge in [-0.2, -0.15) is 0 Å². The molecule has 0 amide bonds. The van der Waals surface area contributed by atoms with E-state index >= 15 is 0 Å². The van der Waals surface area contributed by atoms with E-state index < -0.39 is 12.1 Å². The van der Waals surface area contributed by atoms with Gasteiger partial charge in [0.1, 0.15) is 0 Å². The van der Waals surface area contributed by atoms with Crippen LogP contribution in [0, 0.1) is 11.3 Å². The van der Waals surface area contributed by atoms with Crippen molar-refractivity contribution in [2.75, 3.05) is 0 Å². The van der Waals surface area contributed by atoms with Crippen molar-refractivity contribution in [2.24, 2.45) is 11.3 Å². The second-order valence-electron chi connectivity index (χ2n) is 8.59. The van der Waals surface area contributed by atoms with Crippen LogP contribution in [-0.2, 0) is 9.59 Å². The average molecular weight is 389 g/mol. The molecule has 1 saturated carbocycles. The minimum absolute atomic E-state index is 0.0509. The van der Waals surface area contributed by atoms with Crippen molar-refractivity contribution in [3.8, 4) is 0 Å². The molecule has 0 heterocycles. The molecule has 0 aromatic carbocycles. The first-order valence-corrected chi connectivity index (χ1v) is 10.9. The summed E-state index contributed by atoms with van der Waals surface area (Å²) in [5.74, 6) is -0.393. The van der Waals surface area contributed by atoms with Crippen LogP contribution in [0.3, 0.4) is 0 Å². The molecular weight excluding hydrogens is 352 g/mol. The van der Waals surface area contributed by atoms with Crippen molar-refractivity contribution in [1.82, 2.24) is 0 Å². The molecule has 0 aromatic heterocycles. The van der Waals surface area contributed by atoms with Crippen LogP contribution in [0.4, 0.5) is 0 Å². The summed E-state index contributed by atoms with van der Waals surface area (Å²) >= 11 is 0. The summed E-state index contributed by atoms with van der Waals surface area (Å²) in [6.45, 7) is 4.18. The molecule has 2 atom stereocenters. The van der Waals surface area contributed by atoms with Crippen LogP contribution < -0.4 is 0 Å². The normalized spacial score (nSPS) is 21.5. The third-order valence-corrected chi connectivity index (χ3v) is 6.43. The minimum atomic E-state index is -0.775. The Morgan fingerprint density at radius 3 is 2.61 bits per heavy atom. The topological polar surface area (TPSA) is 74.6 Å². The Kier molecular flexibility index (Phi) is 8.68. The van der Waals surface area contributed by atoms with E-state index in [1.54, 1.807) is 0 Å². The highest BCUT2D eigenvalue weighted by Gasteiger charge is 2.41. The number of rotatable bonds is 12. The Labute approximate surface area is 169 Å². The summed E-state index contributed by atoms with van der Waals surface area (Å²) in [5, 5.41) is 19.5. The van der Waals surface area contributed by atoms with Gasteiger partial charge in [-0.3, -0.25) is 9.59 Å². The van der Waals surface area contributed by atoms with Crippen molar-refractivity contribution >= 4 is 11.8 Å².